The Labute approximate surface area is 141 Å². The molecule has 0 aliphatic carbocycles. The molecule has 0 atom stereocenters. The van der Waals surface area contributed by atoms with E-state index in [0.29, 0.717) is 30.4 Å². The minimum absolute atomic E-state index is 0.000955. The molecule has 0 radical (unpaired) electrons. The van der Waals surface area contributed by atoms with Gasteiger partial charge in [-0.3, -0.25) is 4.79 Å². The van der Waals surface area contributed by atoms with E-state index in [4.69, 9.17) is 22.1 Å². The Kier molecular flexibility index (Phi) is 6.91. The van der Waals surface area contributed by atoms with E-state index in [1.165, 1.54) is 0 Å². The second-order valence-corrected chi connectivity index (χ2v) is 5.62. The SMILES string of the molecule is NCCCN(Cc1ccccc1)C(=O)COc1ccc(Cl)cc1. The Morgan fingerprint density at radius 1 is 1.09 bits per heavy atom. The first-order valence-electron chi connectivity index (χ1n) is 7.59. The number of hydrogen-bond donors (Lipinski definition) is 1. The molecule has 122 valence electrons. The molecule has 2 N–H and O–H groups in total. The second kappa shape index (κ2) is 9.18. The van der Waals surface area contributed by atoms with Crippen LogP contribution in [0.2, 0.25) is 5.02 Å². The van der Waals surface area contributed by atoms with Crippen molar-refractivity contribution < 1.29 is 9.53 Å². The Morgan fingerprint density at radius 2 is 1.78 bits per heavy atom. The van der Waals surface area contributed by atoms with E-state index in [0.717, 1.165) is 12.0 Å². The minimum atomic E-state index is -0.0581. The fourth-order valence-electron chi connectivity index (χ4n) is 2.15. The molecule has 0 aromatic heterocycles. The van der Waals surface area contributed by atoms with Crippen LogP contribution in [0.5, 0.6) is 5.75 Å². The summed E-state index contributed by atoms with van der Waals surface area (Å²) in [5.41, 5.74) is 6.66. The van der Waals surface area contributed by atoms with Crippen LogP contribution in [0.15, 0.2) is 54.6 Å². The lowest BCUT2D eigenvalue weighted by atomic mass is 10.2. The van der Waals surface area contributed by atoms with Gasteiger partial charge in [0, 0.05) is 18.1 Å². The van der Waals surface area contributed by atoms with Gasteiger partial charge in [0.1, 0.15) is 5.75 Å². The molecule has 0 bridgehead atoms. The lowest BCUT2D eigenvalue weighted by molar-refractivity contribution is -0.134. The van der Waals surface area contributed by atoms with E-state index in [1.54, 1.807) is 29.2 Å². The van der Waals surface area contributed by atoms with E-state index in [-0.39, 0.29) is 12.5 Å². The van der Waals surface area contributed by atoms with Crippen LogP contribution in [0.4, 0.5) is 0 Å². The van der Waals surface area contributed by atoms with Crippen molar-refractivity contribution >= 4 is 17.5 Å². The van der Waals surface area contributed by atoms with E-state index >= 15 is 0 Å². The van der Waals surface area contributed by atoms with Crippen LogP contribution >= 0.6 is 11.6 Å². The maximum Gasteiger partial charge on any atom is 0.260 e. The number of nitrogens with zero attached hydrogens (tertiary/aromatic N) is 1. The highest BCUT2D eigenvalue weighted by Crippen LogP contribution is 2.15. The molecule has 0 fully saturated rings. The van der Waals surface area contributed by atoms with Crippen molar-refractivity contribution in [2.75, 3.05) is 19.7 Å². The van der Waals surface area contributed by atoms with E-state index in [2.05, 4.69) is 0 Å². The summed E-state index contributed by atoms with van der Waals surface area (Å²) >= 11 is 5.83. The summed E-state index contributed by atoms with van der Waals surface area (Å²) in [4.78, 5) is 14.2. The van der Waals surface area contributed by atoms with Crippen LogP contribution in [0, 0.1) is 0 Å². The zero-order chi connectivity index (χ0) is 16.5. The van der Waals surface area contributed by atoms with Crippen LogP contribution in [0.25, 0.3) is 0 Å². The van der Waals surface area contributed by atoms with E-state index in [1.807, 2.05) is 30.3 Å². The van der Waals surface area contributed by atoms with Crippen LogP contribution in [-0.4, -0.2) is 30.5 Å². The van der Waals surface area contributed by atoms with Gasteiger partial charge < -0.3 is 15.4 Å². The lowest BCUT2D eigenvalue weighted by Crippen LogP contribution is -2.36. The van der Waals surface area contributed by atoms with Gasteiger partial charge >= 0.3 is 0 Å². The summed E-state index contributed by atoms with van der Waals surface area (Å²) in [5, 5.41) is 0.636. The number of amides is 1. The van der Waals surface area contributed by atoms with Crippen LogP contribution in [-0.2, 0) is 11.3 Å². The van der Waals surface area contributed by atoms with Gasteiger partial charge in [-0.2, -0.15) is 0 Å². The number of benzene rings is 2. The molecule has 0 saturated carbocycles. The van der Waals surface area contributed by atoms with Gasteiger partial charge in [-0.15, -0.1) is 0 Å². The van der Waals surface area contributed by atoms with Gasteiger partial charge in [0.15, 0.2) is 6.61 Å². The first-order chi connectivity index (χ1) is 11.2. The maximum absolute atomic E-state index is 12.4. The monoisotopic (exact) mass is 332 g/mol. The molecule has 0 aliphatic rings. The molecule has 1 amide bonds. The summed E-state index contributed by atoms with van der Waals surface area (Å²) < 4.78 is 5.54. The van der Waals surface area contributed by atoms with Crippen molar-refractivity contribution in [2.24, 2.45) is 5.73 Å². The number of halogens is 1. The predicted molar refractivity (Wildman–Crippen MR) is 92.5 cm³/mol. The Morgan fingerprint density at radius 3 is 2.43 bits per heavy atom. The Bertz CT molecular complexity index is 602. The van der Waals surface area contributed by atoms with Gasteiger partial charge in [0.05, 0.1) is 0 Å². The van der Waals surface area contributed by atoms with Gasteiger partial charge in [-0.05, 0) is 42.8 Å². The molecule has 0 unspecified atom stereocenters. The largest absolute Gasteiger partial charge is 0.484 e. The van der Waals surface area contributed by atoms with Crippen molar-refractivity contribution in [1.82, 2.24) is 4.90 Å². The molecule has 2 aromatic carbocycles. The molecule has 0 heterocycles. The average Bonchev–Trinajstić information content (AvgIpc) is 2.58. The molecular weight excluding hydrogens is 312 g/mol. The molecule has 0 spiro atoms. The van der Waals surface area contributed by atoms with Gasteiger partial charge in [-0.1, -0.05) is 41.9 Å². The maximum atomic E-state index is 12.4. The molecule has 2 aromatic rings. The third-order valence-corrected chi connectivity index (χ3v) is 3.63. The predicted octanol–water partition coefficient (Wildman–Crippen LogP) is 3.10. The van der Waals surface area contributed by atoms with Crippen molar-refractivity contribution in [3.05, 3.63) is 65.2 Å². The first-order valence-corrected chi connectivity index (χ1v) is 7.97. The third kappa shape index (κ3) is 5.93. The number of nitrogens with two attached hydrogens (primary N) is 1. The molecule has 23 heavy (non-hydrogen) atoms. The smallest absolute Gasteiger partial charge is 0.260 e. The van der Waals surface area contributed by atoms with E-state index < -0.39 is 0 Å². The number of rotatable bonds is 8. The lowest BCUT2D eigenvalue weighted by Gasteiger charge is -2.22. The minimum Gasteiger partial charge on any atom is -0.484 e. The van der Waals surface area contributed by atoms with Crippen molar-refractivity contribution in [3.63, 3.8) is 0 Å². The standard InChI is InChI=1S/C18H21ClN2O2/c19-16-7-9-17(10-8-16)23-14-18(22)21(12-4-11-20)13-15-5-2-1-3-6-15/h1-3,5-10H,4,11-14,20H2. The Balaban J connectivity index is 1.94. The fraction of sp³-hybridized carbons (Fsp3) is 0.278. The van der Waals surface area contributed by atoms with Gasteiger partial charge in [-0.25, -0.2) is 0 Å². The fourth-order valence-corrected chi connectivity index (χ4v) is 2.27. The summed E-state index contributed by atoms with van der Waals surface area (Å²) in [6, 6.07) is 16.9. The van der Waals surface area contributed by atoms with Gasteiger partial charge in [0.2, 0.25) is 0 Å². The summed E-state index contributed by atoms with van der Waals surface area (Å²) in [6.45, 7) is 1.73. The number of carbonyl (C=O) groups is 1. The van der Waals surface area contributed by atoms with Gasteiger partial charge in [0.25, 0.3) is 5.91 Å². The first kappa shape index (κ1) is 17.3. The van der Waals surface area contributed by atoms with Crippen LogP contribution < -0.4 is 10.5 Å². The van der Waals surface area contributed by atoms with E-state index in [9.17, 15) is 4.79 Å². The summed E-state index contributed by atoms with van der Waals surface area (Å²) in [6.07, 6.45) is 0.763. The molecule has 0 saturated heterocycles. The topological polar surface area (TPSA) is 55.6 Å². The summed E-state index contributed by atoms with van der Waals surface area (Å²) in [7, 11) is 0. The quantitative estimate of drug-likeness (QED) is 0.808. The Hall–Kier alpha value is -2.04. The summed E-state index contributed by atoms with van der Waals surface area (Å²) in [5.74, 6) is 0.568. The molecular formula is C18H21ClN2O2. The van der Waals surface area contributed by atoms with Crippen molar-refractivity contribution in [1.29, 1.82) is 0 Å². The molecule has 4 nitrogen and oxygen atoms in total. The molecule has 5 heteroatoms. The normalized spacial score (nSPS) is 10.3. The number of hydrogen-bond acceptors (Lipinski definition) is 3. The van der Waals surface area contributed by atoms with Crippen LogP contribution in [0.1, 0.15) is 12.0 Å². The van der Waals surface area contributed by atoms with Crippen molar-refractivity contribution in [3.8, 4) is 5.75 Å². The number of ether oxygens (including phenoxy) is 1. The number of carbonyl (C=O) groups excluding carboxylic acids is 1. The zero-order valence-electron chi connectivity index (χ0n) is 13.0. The van der Waals surface area contributed by atoms with Crippen molar-refractivity contribution in [2.45, 2.75) is 13.0 Å². The second-order valence-electron chi connectivity index (χ2n) is 5.19. The highest BCUT2D eigenvalue weighted by molar-refractivity contribution is 6.30. The highest BCUT2D eigenvalue weighted by Gasteiger charge is 2.14. The third-order valence-electron chi connectivity index (χ3n) is 3.38. The van der Waals surface area contributed by atoms with Crippen LogP contribution in [0.3, 0.4) is 0 Å². The average molecular weight is 333 g/mol. The highest BCUT2D eigenvalue weighted by atomic mass is 35.5. The molecule has 0 aliphatic heterocycles. The zero-order valence-corrected chi connectivity index (χ0v) is 13.7. The molecule has 2 rings (SSSR count).